The van der Waals surface area contributed by atoms with Gasteiger partial charge in [-0.25, -0.2) is 0 Å². The Labute approximate surface area is 158 Å². The van der Waals surface area contributed by atoms with E-state index in [1.165, 1.54) is 10.6 Å². The predicted molar refractivity (Wildman–Crippen MR) is 116 cm³/mol. The van der Waals surface area contributed by atoms with Gasteiger partial charge in [-0.1, -0.05) is 69.3 Å². The molecule has 0 aliphatic carbocycles. The lowest BCUT2D eigenvalue weighted by Gasteiger charge is -2.28. The molecule has 0 amide bonds. The van der Waals surface area contributed by atoms with Crippen molar-refractivity contribution in [3.8, 4) is 5.75 Å². The van der Waals surface area contributed by atoms with Crippen LogP contribution in [0.1, 0.15) is 32.8 Å². The minimum Gasteiger partial charge on any atom is -0.504 e. The lowest BCUT2D eigenvalue weighted by atomic mass is 9.82. The van der Waals surface area contributed by atoms with Gasteiger partial charge in [0.2, 0.25) is 0 Å². The van der Waals surface area contributed by atoms with E-state index >= 15 is 0 Å². The van der Waals surface area contributed by atoms with E-state index in [0.717, 1.165) is 17.3 Å². The number of phenolic OH excluding ortho intramolecular Hbond substituents is 1. The monoisotopic (exact) mass is 363 g/mol. The highest BCUT2D eigenvalue weighted by atomic mass is 31.2. The number of hydrogen-bond donors (Lipinski definition) is 1. The van der Waals surface area contributed by atoms with E-state index in [9.17, 15) is 5.11 Å². The smallest absolute Gasteiger partial charge is 0.162 e. The molecule has 0 aliphatic heterocycles. The third-order valence-electron chi connectivity index (χ3n) is 5.65. The lowest BCUT2D eigenvalue weighted by Crippen LogP contribution is -2.31. The van der Waals surface area contributed by atoms with Crippen molar-refractivity contribution in [2.24, 2.45) is 0 Å². The first kappa shape index (κ1) is 18.7. The Morgan fingerprint density at radius 2 is 1.27 bits per heavy atom. The highest BCUT2D eigenvalue weighted by molar-refractivity contribution is 7.95. The molecule has 134 valence electrons. The molecule has 0 saturated heterocycles. The molecule has 1 nitrogen and oxygen atoms in total. The Morgan fingerprint density at radius 3 is 1.73 bits per heavy atom. The summed E-state index contributed by atoms with van der Waals surface area (Å²) in [5.74, 6) is 0.461. The normalized spacial score (nSPS) is 12.2. The fourth-order valence-electron chi connectivity index (χ4n) is 3.51. The maximum atomic E-state index is 11.3. The second kappa shape index (κ2) is 7.25. The molecule has 2 heteroatoms. The van der Waals surface area contributed by atoms with Crippen LogP contribution >= 0.6 is 7.26 Å². The largest absolute Gasteiger partial charge is 0.504 e. The Morgan fingerprint density at radius 1 is 0.769 bits per heavy atom. The molecule has 0 aliphatic rings. The standard InChI is InChI=1S/C24H27OP/c1-5-24(2,3)21-17-12-18-22(23(21)25)26(4,19-13-8-6-9-14-19)20-15-10-7-11-16-20/h6-18H,5H2,1-4H3/p+1. The van der Waals surface area contributed by atoms with Gasteiger partial charge in [0.15, 0.2) is 5.75 Å². The topological polar surface area (TPSA) is 20.2 Å². The highest BCUT2D eigenvalue weighted by Crippen LogP contribution is 2.54. The van der Waals surface area contributed by atoms with E-state index in [4.69, 9.17) is 0 Å². The summed E-state index contributed by atoms with van der Waals surface area (Å²) in [7, 11) is -1.92. The summed E-state index contributed by atoms with van der Waals surface area (Å²) in [5, 5.41) is 15.0. The first-order chi connectivity index (χ1) is 12.4. The average molecular weight is 363 g/mol. The first-order valence-corrected chi connectivity index (χ1v) is 11.5. The van der Waals surface area contributed by atoms with Gasteiger partial charge in [-0.05, 0) is 42.2 Å². The molecule has 26 heavy (non-hydrogen) atoms. The second-order valence-corrected chi connectivity index (χ2v) is 11.1. The molecule has 0 aromatic heterocycles. The van der Waals surface area contributed by atoms with E-state index in [1.54, 1.807) is 0 Å². The predicted octanol–water partition coefficient (Wildman–Crippen LogP) is 5.00. The molecular weight excluding hydrogens is 335 g/mol. The van der Waals surface area contributed by atoms with Crippen molar-refractivity contribution < 1.29 is 5.11 Å². The Hall–Kier alpha value is -2.11. The summed E-state index contributed by atoms with van der Waals surface area (Å²) >= 11 is 0. The van der Waals surface area contributed by atoms with Gasteiger partial charge in [0.25, 0.3) is 0 Å². The van der Waals surface area contributed by atoms with Crippen molar-refractivity contribution in [2.75, 3.05) is 6.66 Å². The van der Waals surface area contributed by atoms with Gasteiger partial charge >= 0.3 is 0 Å². The van der Waals surface area contributed by atoms with Gasteiger partial charge in [0, 0.05) is 5.56 Å². The molecule has 3 aromatic carbocycles. The van der Waals surface area contributed by atoms with Gasteiger partial charge in [-0.2, -0.15) is 0 Å². The zero-order chi connectivity index (χ0) is 18.8. The summed E-state index contributed by atoms with van der Waals surface area (Å²) < 4.78 is 0. The first-order valence-electron chi connectivity index (χ1n) is 9.22. The van der Waals surface area contributed by atoms with E-state index in [0.29, 0.717) is 5.75 Å². The number of para-hydroxylation sites is 1. The van der Waals surface area contributed by atoms with Gasteiger partial charge in [-0.15, -0.1) is 0 Å². The molecule has 3 aromatic rings. The van der Waals surface area contributed by atoms with E-state index < -0.39 is 7.26 Å². The van der Waals surface area contributed by atoms with E-state index in [1.807, 2.05) is 0 Å². The van der Waals surface area contributed by atoms with Crippen LogP contribution in [0.3, 0.4) is 0 Å². The van der Waals surface area contributed by atoms with Crippen molar-refractivity contribution in [3.05, 3.63) is 84.4 Å². The lowest BCUT2D eigenvalue weighted by molar-refractivity contribution is 0.432. The zero-order valence-electron chi connectivity index (χ0n) is 16.1. The summed E-state index contributed by atoms with van der Waals surface area (Å²) in [6.07, 6.45) is 0.982. The van der Waals surface area contributed by atoms with Crippen LogP contribution in [0.4, 0.5) is 0 Å². The fraction of sp³-hybridized carbons (Fsp3) is 0.250. The van der Waals surface area contributed by atoms with Crippen LogP contribution in [0.5, 0.6) is 5.75 Å². The van der Waals surface area contributed by atoms with Crippen LogP contribution in [0, 0.1) is 0 Å². The Balaban J connectivity index is 2.30. The molecule has 0 heterocycles. The third kappa shape index (κ3) is 3.17. The van der Waals surface area contributed by atoms with Crippen LogP contribution < -0.4 is 15.9 Å². The fourth-order valence-corrected chi connectivity index (χ4v) is 6.83. The third-order valence-corrected chi connectivity index (χ3v) is 9.64. The number of hydrogen-bond acceptors (Lipinski definition) is 1. The maximum Gasteiger partial charge on any atom is 0.162 e. The summed E-state index contributed by atoms with van der Waals surface area (Å²) in [4.78, 5) is 0. The zero-order valence-corrected chi connectivity index (χ0v) is 17.0. The molecule has 1 N–H and O–H groups in total. The van der Waals surface area contributed by atoms with E-state index in [2.05, 4.69) is 106 Å². The van der Waals surface area contributed by atoms with Crippen LogP contribution in [-0.4, -0.2) is 11.8 Å². The van der Waals surface area contributed by atoms with Crippen molar-refractivity contribution in [3.63, 3.8) is 0 Å². The summed E-state index contributed by atoms with van der Waals surface area (Å²) in [6, 6.07) is 27.5. The molecular formula is C24H28OP+. The van der Waals surface area contributed by atoms with Gasteiger partial charge in [0.05, 0.1) is 6.66 Å². The van der Waals surface area contributed by atoms with Crippen LogP contribution in [-0.2, 0) is 5.41 Å². The molecule has 0 atom stereocenters. The van der Waals surface area contributed by atoms with Crippen LogP contribution in [0.15, 0.2) is 78.9 Å². The SMILES string of the molecule is CCC(C)(C)c1cccc([P+](C)(c2ccccc2)c2ccccc2)c1O. The number of benzene rings is 3. The minimum absolute atomic E-state index is 0.0572. The highest BCUT2D eigenvalue weighted by Gasteiger charge is 2.43. The van der Waals surface area contributed by atoms with Crippen molar-refractivity contribution in [1.82, 2.24) is 0 Å². The molecule has 3 rings (SSSR count). The molecule has 0 unspecified atom stereocenters. The van der Waals surface area contributed by atoms with Gasteiger partial charge in [-0.3, -0.25) is 0 Å². The Kier molecular flexibility index (Phi) is 5.21. The average Bonchev–Trinajstić information content (AvgIpc) is 2.69. The summed E-state index contributed by atoms with van der Waals surface area (Å²) in [5.41, 5.74) is 0.980. The molecule has 0 bridgehead atoms. The van der Waals surface area contributed by atoms with Crippen LogP contribution in [0.2, 0.25) is 0 Å². The number of aromatic hydroxyl groups is 1. The van der Waals surface area contributed by atoms with Crippen LogP contribution in [0.25, 0.3) is 0 Å². The Bertz CT molecular complexity index is 830. The van der Waals surface area contributed by atoms with Gasteiger partial charge < -0.3 is 5.11 Å². The maximum absolute atomic E-state index is 11.3. The minimum atomic E-state index is -1.92. The molecule has 0 fully saturated rings. The molecule has 0 radical (unpaired) electrons. The van der Waals surface area contributed by atoms with Crippen molar-refractivity contribution in [1.29, 1.82) is 0 Å². The second-order valence-electron chi connectivity index (χ2n) is 7.59. The van der Waals surface area contributed by atoms with Crippen molar-refractivity contribution >= 4 is 23.2 Å². The van der Waals surface area contributed by atoms with Gasteiger partial charge in [0.1, 0.15) is 23.2 Å². The number of rotatable bonds is 5. The summed E-state index contributed by atoms with van der Waals surface area (Å²) in [6.45, 7) is 8.89. The molecule has 0 saturated carbocycles. The quantitative estimate of drug-likeness (QED) is 0.632. The van der Waals surface area contributed by atoms with Crippen molar-refractivity contribution in [2.45, 2.75) is 32.6 Å². The number of phenols is 1. The molecule has 0 spiro atoms. The van der Waals surface area contributed by atoms with E-state index in [-0.39, 0.29) is 5.41 Å².